The Morgan fingerprint density at radius 2 is 2.10 bits per heavy atom. The van der Waals surface area contributed by atoms with Gasteiger partial charge in [0, 0.05) is 12.5 Å². The molecule has 0 aliphatic rings. The summed E-state index contributed by atoms with van der Waals surface area (Å²) in [4.78, 5) is 0. The van der Waals surface area contributed by atoms with Crippen molar-refractivity contribution in [1.29, 1.82) is 0 Å². The number of hydrogen-bond donors (Lipinski definition) is 1. The zero-order valence-corrected chi connectivity index (χ0v) is 12.9. The topological polar surface area (TPSA) is 68.5 Å². The summed E-state index contributed by atoms with van der Waals surface area (Å²) < 4.78 is 50.3. The van der Waals surface area contributed by atoms with Gasteiger partial charge in [-0.3, -0.25) is 0 Å². The van der Waals surface area contributed by atoms with E-state index in [-0.39, 0.29) is 11.3 Å². The summed E-state index contributed by atoms with van der Waals surface area (Å²) in [5.41, 5.74) is 0.129. The third-order valence-electron chi connectivity index (χ3n) is 3.15. The quantitative estimate of drug-likeness (QED) is 0.889. The summed E-state index contributed by atoms with van der Waals surface area (Å²) in [5.74, 6) is -0.256. The molecule has 116 valence electrons. The van der Waals surface area contributed by atoms with Crippen molar-refractivity contribution in [1.82, 2.24) is 4.72 Å². The van der Waals surface area contributed by atoms with Crippen LogP contribution in [0.5, 0.6) is 0 Å². The second kappa shape index (κ2) is 6.13. The van der Waals surface area contributed by atoms with Crippen LogP contribution in [0.25, 0.3) is 11.0 Å². The van der Waals surface area contributed by atoms with Crippen molar-refractivity contribution in [3.05, 3.63) is 35.8 Å². The average Bonchev–Trinajstić information content (AvgIpc) is 2.83. The summed E-state index contributed by atoms with van der Waals surface area (Å²) in [6.07, 6.45) is -0.414. The molecule has 0 spiro atoms. The molecule has 0 fully saturated rings. The fourth-order valence-corrected chi connectivity index (χ4v) is 3.52. The second-order valence-electron chi connectivity index (χ2n) is 4.97. The van der Waals surface area contributed by atoms with Crippen molar-refractivity contribution < 1.29 is 22.0 Å². The highest BCUT2D eigenvalue weighted by atomic mass is 32.2. The summed E-state index contributed by atoms with van der Waals surface area (Å²) in [6.45, 7) is 3.31. The third-order valence-corrected chi connectivity index (χ3v) is 4.78. The Kier molecular flexibility index (Phi) is 4.65. The van der Waals surface area contributed by atoms with Crippen LogP contribution in [0.4, 0.5) is 4.39 Å². The van der Waals surface area contributed by atoms with Crippen LogP contribution < -0.4 is 4.72 Å². The van der Waals surface area contributed by atoms with Gasteiger partial charge in [0.05, 0.1) is 17.9 Å². The molecule has 0 unspecified atom stereocenters. The molecule has 2 rings (SSSR count). The smallest absolute Gasteiger partial charge is 0.214 e. The molecule has 7 heteroatoms. The molecule has 0 bridgehead atoms. The maximum atomic E-state index is 13.6. The number of fused-ring (bicyclic) bond motifs is 1. The van der Waals surface area contributed by atoms with Crippen LogP contribution in [0.15, 0.2) is 28.7 Å². The monoisotopic (exact) mass is 315 g/mol. The molecule has 1 aromatic carbocycles. The Morgan fingerprint density at radius 1 is 1.38 bits per heavy atom. The summed E-state index contributed by atoms with van der Waals surface area (Å²) in [7, 11) is -2.07. The molecule has 5 nitrogen and oxygen atoms in total. The van der Waals surface area contributed by atoms with Crippen LogP contribution in [-0.2, 0) is 14.8 Å². The average molecular weight is 315 g/mol. The van der Waals surface area contributed by atoms with Crippen LogP contribution in [0.2, 0.25) is 0 Å². The summed E-state index contributed by atoms with van der Waals surface area (Å²) in [5, 5.41) is 0.598. The SMILES string of the molecule is CO[C@@H](C)CS(=O)(=O)N[C@H](C)c1cc2cccc(F)c2o1. The molecule has 0 saturated heterocycles. The number of ether oxygens (including phenoxy) is 1. The minimum absolute atomic E-state index is 0.129. The molecule has 0 amide bonds. The molecular weight excluding hydrogens is 297 g/mol. The highest BCUT2D eigenvalue weighted by Crippen LogP contribution is 2.26. The number of nitrogens with one attached hydrogen (secondary N) is 1. The maximum absolute atomic E-state index is 13.6. The first-order valence-electron chi connectivity index (χ1n) is 6.53. The second-order valence-corrected chi connectivity index (χ2v) is 6.77. The summed E-state index contributed by atoms with van der Waals surface area (Å²) >= 11 is 0. The number of methoxy groups -OCH3 is 1. The zero-order chi connectivity index (χ0) is 15.6. The number of halogens is 1. The fraction of sp³-hybridized carbons (Fsp3) is 0.429. The number of para-hydroxylation sites is 1. The van der Waals surface area contributed by atoms with Crippen molar-refractivity contribution in [2.75, 3.05) is 12.9 Å². The van der Waals surface area contributed by atoms with Gasteiger partial charge in [-0.1, -0.05) is 12.1 Å². The van der Waals surface area contributed by atoms with Gasteiger partial charge in [0.2, 0.25) is 10.0 Å². The Balaban J connectivity index is 2.19. The van der Waals surface area contributed by atoms with Crippen molar-refractivity contribution in [3.8, 4) is 0 Å². The van der Waals surface area contributed by atoms with E-state index in [1.165, 1.54) is 13.2 Å². The van der Waals surface area contributed by atoms with E-state index in [9.17, 15) is 12.8 Å². The third kappa shape index (κ3) is 3.81. The van der Waals surface area contributed by atoms with Gasteiger partial charge in [-0.15, -0.1) is 0 Å². The van der Waals surface area contributed by atoms with Crippen molar-refractivity contribution >= 4 is 21.0 Å². The molecule has 0 aliphatic heterocycles. The highest BCUT2D eigenvalue weighted by molar-refractivity contribution is 7.89. The first-order chi connectivity index (χ1) is 9.82. The van der Waals surface area contributed by atoms with E-state index in [1.54, 1.807) is 32.0 Å². The van der Waals surface area contributed by atoms with Crippen LogP contribution in [0, 0.1) is 5.82 Å². The van der Waals surface area contributed by atoms with Gasteiger partial charge < -0.3 is 9.15 Å². The summed E-state index contributed by atoms with van der Waals surface area (Å²) in [6, 6.07) is 5.62. The maximum Gasteiger partial charge on any atom is 0.214 e. The molecule has 0 aliphatic carbocycles. The van der Waals surface area contributed by atoms with Gasteiger partial charge in [0.1, 0.15) is 5.76 Å². The molecule has 1 N–H and O–H groups in total. The van der Waals surface area contributed by atoms with Crippen molar-refractivity contribution in [2.24, 2.45) is 0 Å². The predicted molar refractivity (Wildman–Crippen MR) is 78.0 cm³/mol. The number of furan rings is 1. The number of sulfonamides is 1. The Hall–Kier alpha value is -1.44. The standard InChI is InChI=1S/C14H18FNO4S/c1-9(19-3)8-21(17,18)16-10(2)13-7-11-5-4-6-12(15)14(11)20-13/h4-7,9-10,16H,8H2,1-3H3/t9-,10+/m0/s1. The van der Waals surface area contributed by atoms with Gasteiger partial charge in [0.15, 0.2) is 11.4 Å². The first kappa shape index (κ1) is 15.9. The molecule has 2 aromatic rings. The normalized spacial score (nSPS) is 15.2. The molecule has 21 heavy (non-hydrogen) atoms. The van der Waals surface area contributed by atoms with Gasteiger partial charge in [0.25, 0.3) is 0 Å². The van der Waals surface area contributed by atoms with Gasteiger partial charge in [-0.05, 0) is 26.0 Å². The van der Waals surface area contributed by atoms with Crippen LogP contribution in [0.3, 0.4) is 0 Å². The van der Waals surface area contributed by atoms with Gasteiger partial charge >= 0.3 is 0 Å². The molecule has 1 aromatic heterocycles. The minimum Gasteiger partial charge on any atom is -0.456 e. The first-order valence-corrected chi connectivity index (χ1v) is 8.18. The van der Waals surface area contributed by atoms with E-state index >= 15 is 0 Å². The molecule has 0 radical (unpaired) electrons. The lowest BCUT2D eigenvalue weighted by Crippen LogP contribution is -2.33. The number of benzene rings is 1. The largest absolute Gasteiger partial charge is 0.456 e. The molecule has 1 heterocycles. The van der Waals surface area contributed by atoms with Crippen LogP contribution >= 0.6 is 0 Å². The zero-order valence-electron chi connectivity index (χ0n) is 12.1. The fourth-order valence-electron chi connectivity index (χ4n) is 2.01. The number of rotatable bonds is 6. The van der Waals surface area contributed by atoms with E-state index in [1.807, 2.05) is 0 Å². The minimum atomic E-state index is -3.52. The van der Waals surface area contributed by atoms with Gasteiger partial charge in [-0.25, -0.2) is 17.5 Å². The molecule has 2 atom stereocenters. The van der Waals surface area contributed by atoms with E-state index < -0.39 is 28.0 Å². The van der Waals surface area contributed by atoms with E-state index in [4.69, 9.17) is 9.15 Å². The lowest BCUT2D eigenvalue weighted by Gasteiger charge is -2.14. The molecule has 0 saturated carbocycles. The van der Waals surface area contributed by atoms with Gasteiger partial charge in [-0.2, -0.15) is 0 Å². The van der Waals surface area contributed by atoms with E-state index in [0.29, 0.717) is 11.1 Å². The lowest BCUT2D eigenvalue weighted by atomic mass is 10.2. The Labute approximate surface area is 123 Å². The van der Waals surface area contributed by atoms with Crippen molar-refractivity contribution in [2.45, 2.75) is 26.0 Å². The molecular formula is C14H18FNO4S. The lowest BCUT2D eigenvalue weighted by molar-refractivity contribution is 0.136. The van der Waals surface area contributed by atoms with Crippen LogP contribution in [-0.4, -0.2) is 27.4 Å². The van der Waals surface area contributed by atoms with Crippen LogP contribution in [0.1, 0.15) is 25.6 Å². The number of hydrogen-bond acceptors (Lipinski definition) is 4. The van der Waals surface area contributed by atoms with Crippen molar-refractivity contribution in [3.63, 3.8) is 0 Å². The predicted octanol–water partition coefficient (Wildman–Crippen LogP) is 2.59. The highest BCUT2D eigenvalue weighted by Gasteiger charge is 2.21. The van der Waals surface area contributed by atoms with E-state index in [2.05, 4.69) is 4.72 Å². The Morgan fingerprint density at radius 3 is 2.71 bits per heavy atom. The Bertz CT molecular complexity index is 726. The van der Waals surface area contributed by atoms with E-state index in [0.717, 1.165) is 0 Å².